The van der Waals surface area contributed by atoms with Crippen molar-refractivity contribution in [2.24, 2.45) is 0 Å². The van der Waals surface area contributed by atoms with Crippen molar-refractivity contribution in [2.75, 3.05) is 12.4 Å². The fraction of sp³-hybridized carbons (Fsp3) is 0.636. The molecule has 1 amide bonds. The quantitative estimate of drug-likeness (QED) is 0.795. The van der Waals surface area contributed by atoms with Crippen LogP contribution >= 0.6 is 0 Å². The molecule has 16 heavy (non-hydrogen) atoms. The van der Waals surface area contributed by atoms with Crippen LogP contribution in [0.15, 0.2) is 12.4 Å². The van der Waals surface area contributed by atoms with Crippen LogP contribution in [0, 0.1) is 0 Å². The molecule has 0 saturated heterocycles. The topological polar surface area (TPSA) is 59.0 Å². The summed E-state index contributed by atoms with van der Waals surface area (Å²) in [5.74, 6) is 0.0382. The first-order chi connectivity index (χ1) is 7.52. The van der Waals surface area contributed by atoms with Crippen molar-refractivity contribution in [3.63, 3.8) is 0 Å². The molecule has 1 atom stereocenters. The Balaban J connectivity index is 2.49. The molecular weight excluding hydrogens is 204 g/mol. The summed E-state index contributed by atoms with van der Waals surface area (Å²) >= 11 is 0. The Morgan fingerprint density at radius 3 is 2.69 bits per heavy atom. The first kappa shape index (κ1) is 12.5. The van der Waals surface area contributed by atoms with Crippen LogP contribution < -0.4 is 10.6 Å². The van der Waals surface area contributed by atoms with Crippen LogP contribution in [0.2, 0.25) is 0 Å². The Morgan fingerprint density at radius 2 is 2.19 bits per heavy atom. The van der Waals surface area contributed by atoms with E-state index in [1.54, 1.807) is 13.2 Å². The average molecular weight is 224 g/mol. The van der Waals surface area contributed by atoms with Gasteiger partial charge in [-0.05, 0) is 20.8 Å². The largest absolute Gasteiger partial charge is 0.380 e. The number of amides is 1. The molecule has 1 aromatic heterocycles. The van der Waals surface area contributed by atoms with Crippen LogP contribution in [0.1, 0.15) is 33.2 Å². The molecule has 0 saturated carbocycles. The molecule has 0 aliphatic rings. The summed E-state index contributed by atoms with van der Waals surface area (Å²) in [6.07, 6.45) is 4.19. The van der Waals surface area contributed by atoms with Gasteiger partial charge in [0.25, 0.3) is 0 Å². The molecule has 5 nitrogen and oxygen atoms in total. The minimum absolute atomic E-state index is 0.0382. The van der Waals surface area contributed by atoms with E-state index in [0.717, 1.165) is 5.69 Å². The van der Waals surface area contributed by atoms with E-state index in [2.05, 4.69) is 29.6 Å². The summed E-state index contributed by atoms with van der Waals surface area (Å²) in [4.78, 5) is 11.2. The van der Waals surface area contributed by atoms with Crippen molar-refractivity contribution in [1.82, 2.24) is 15.1 Å². The number of hydrogen-bond acceptors (Lipinski definition) is 3. The van der Waals surface area contributed by atoms with E-state index in [1.807, 2.05) is 17.8 Å². The molecule has 1 heterocycles. The van der Waals surface area contributed by atoms with Gasteiger partial charge in [-0.15, -0.1) is 0 Å². The minimum Gasteiger partial charge on any atom is -0.380 e. The third-order valence-electron chi connectivity index (χ3n) is 2.31. The summed E-state index contributed by atoms with van der Waals surface area (Å²) in [6, 6.07) is 0.453. The number of nitrogens with one attached hydrogen (secondary N) is 2. The molecule has 0 spiro atoms. The monoisotopic (exact) mass is 224 g/mol. The van der Waals surface area contributed by atoms with Crippen molar-refractivity contribution in [3.8, 4) is 0 Å². The Morgan fingerprint density at radius 1 is 1.50 bits per heavy atom. The van der Waals surface area contributed by atoms with Gasteiger partial charge in [0.05, 0.1) is 11.9 Å². The zero-order chi connectivity index (χ0) is 12.1. The second-order valence-corrected chi connectivity index (χ2v) is 4.23. The van der Waals surface area contributed by atoms with E-state index < -0.39 is 0 Å². The number of hydrogen-bond donors (Lipinski definition) is 2. The Bertz CT molecular complexity index is 346. The van der Waals surface area contributed by atoms with E-state index in [0.29, 0.717) is 12.5 Å². The summed E-state index contributed by atoms with van der Waals surface area (Å²) in [6.45, 7) is 6.12. The normalized spacial score (nSPS) is 12.6. The Kier molecular flexibility index (Phi) is 4.34. The predicted molar refractivity (Wildman–Crippen MR) is 64.4 cm³/mol. The fourth-order valence-electron chi connectivity index (χ4n) is 1.41. The van der Waals surface area contributed by atoms with Gasteiger partial charge >= 0.3 is 0 Å². The Hall–Kier alpha value is -1.52. The van der Waals surface area contributed by atoms with Crippen molar-refractivity contribution < 1.29 is 4.79 Å². The van der Waals surface area contributed by atoms with Crippen LogP contribution in [0.25, 0.3) is 0 Å². The van der Waals surface area contributed by atoms with E-state index in [1.165, 1.54) is 0 Å². The number of carbonyl (C=O) groups is 1. The molecule has 0 bridgehead atoms. The minimum atomic E-state index is 0.0382. The van der Waals surface area contributed by atoms with Gasteiger partial charge in [-0.25, -0.2) is 0 Å². The Labute approximate surface area is 96.2 Å². The maximum atomic E-state index is 11.2. The standard InChI is InChI=1S/C11H20N4O/c1-8(2)15-7-10(6-13-15)14-9(3)5-11(16)12-4/h6-9,14H,5H2,1-4H3,(H,12,16). The fourth-order valence-corrected chi connectivity index (χ4v) is 1.41. The van der Waals surface area contributed by atoms with Crippen LogP contribution in [0.3, 0.4) is 0 Å². The summed E-state index contributed by atoms with van der Waals surface area (Å²) in [5.41, 5.74) is 0.949. The average Bonchev–Trinajstić information content (AvgIpc) is 2.65. The van der Waals surface area contributed by atoms with Gasteiger partial charge in [0, 0.05) is 31.7 Å². The molecule has 0 aromatic carbocycles. The SMILES string of the molecule is CNC(=O)CC(C)Nc1cnn(C(C)C)c1. The highest BCUT2D eigenvalue weighted by Crippen LogP contribution is 2.11. The highest BCUT2D eigenvalue weighted by atomic mass is 16.1. The highest BCUT2D eigenvalue weighted by molar-refractivity contribution is 5.76. The van der Waals surface area contributed by atoms with Crippen molar-refractivity contribution in [2.45, 2.75) is 39.3 Å². The maximum Gasteiger partial charge on any atom is 0.221 e. The molecule has 2 N–H and O–H groups in total. The molecule has 1 aromatic rings. The molecule has 0 radical (unpaired) electrons. The van der Waals surface area contributed by atoms with Crippen molar-refractivity contribution in [1.29, 1.82) is 0 Å². The zero-order valence-corrected chi connectivity index (χ0v) is 10.3. The molecule has 0 fully saturated rings. The molecule has 1 rings (SSSR count). The second kappa shape index (κ2) is 5.53. The third kappa shape index (κ3) is 3.56. The lowest BCUT2D eigenvalue weighted by Gasteiger charge is -2.12. The number of aromatic nitrogens is 2. The number of anilines is 1. The summed E-state index contributed by atoms with van der Waals surface area (Å²) < 4.78 is 1.88. The van der Waals surface area contributed by atoms with Crippen LogP contribution in [-0.4, -0.2) is 28.8 Å². The molecule has 1 unspecified atom stereocenters. The molecular formula is C11H20N4O. The van der Waals surface area contributed by atoms with Crippen molar-refractivity contribution >= 4 is 11.6 Å². The summed E-state index contributed by atoms with van der Waals surface area (Å²) in [7, 11) is 1.64. The smallest absolute Gasteiger partial charge is 0.221 e. The molecule has 5 heteroatoms. The lowest BCUT2D eigenvalue weighted by molar-refractivity contribution is -0.120. The molecule has 0 aliphatic carbocycles. The van der Waals surface area contributed by atoms with Crippen LogP contribution in [0.4, 0.5) is 5.69 Å². The summed E-state index contributed by atoms with van der Waals surface area (Å²) in [5, 5.41) is 10.1. The van der Waals surface area contributed by atoms with Gasteiger partial charge in [-0.2, -0.15) is 5.10 Å². The number of nitrogens with zero attached hydrogens (tertiary/aromatic N) is 2. The van der Waals surface area contributed by atoms with Gasteiger partial charge in [-0.1, -0.05) is 0 Å². The molecule has 90 valence electrons. The molecule has 0 aliphatic heterocycles. The van der Waals surface area contributed by atoms with Crippen LogP contribution in [0.5, 0.6) is 0 Å². The van der Waals surface area contributed by atoms with Gasteiger partial charge < -0.3 is 10.6 Å². The van der Waals surface area contributed by atoms with Crippen molar-refractivity contribution in [3.05, 3.63) is 12.4 Å². The van der Waals surface area contributed by atoms with E-state index in [4.69, 9.17) is 0 Å². The van der Waals surface area contributed by atoms with Gasteiger partial charge in [0.15, 0.2) is 0 Å². The maximum absolute atomic E-state index is 11.2. The second-order valence-electron chi connectivity index (χ2n) is 4.23. The first-order valence-electron chi connectivity index (χ1n) is 5.54. The van der Waals surface area contributed by atoms with E-state index >= 15 is 0 Å². The predicted octanol–water partition coefficient (Wildman–Crippen LogP) is 1.40. The van der Waals surface area contributed by atoms with Gasteiger partial charge in [0.2, 0.25) is 5.91 Å². The third-order valence-corrected chi connectivity index (χ3v) is 2.31. The highest BCUT2D eigenvalue weighted by Gasteiger charge is 2.08. The van der Waals surface area contributed by atoms with Crippen LogP contribution in [-0.2, 0) is 4.79 Å². The lowest BCUT2D eigenvalue weighted by atomic mass is 10.2. The van der Waals surface area contributed by atoms with E-state index in [9.17, 15) is 4.79 Å². The lowest BCUT2D eigenvalue weighted by Crippen LogP contribution is -2.26. The van der Waals surface area contributed by atoms with Gasteiger partial charge in [-0.3, -0.25) is 9.48 Å². The zero-order valence-electron chi connectivity index (χ0n) is 10.3. The number of carbonyl (C=O) groups excluding carboxylic acids is 1. The number of rotatable bonds is 5. The van der Waals surface area contributed by atoms with Gasteiger partial charge in [0.1, 0.15) is 0 Å². The van der Waals surface area contributed by atoms with E-state index in [-0.39, 0.29) is 11.9 Å². The first-order valence-corrected chi connectivity index (χ1v) is 5.54.